The first kappa shape index (κ1) is 11.1. The molecule has 1 amide bonds. The average Bonchev–Trinajstić information content (AvgIpc) is 2.72. The monoisotopic (exact) mass is 217 g/mol. The van der Waals surface area contributed by atoms with Gasteiger partial charge >= 0.3 is 0 Å². The second-order valence-corrected chi connectivity index (χ2v) is 3.73. The third-order valence-corrected chi connectivity index (χ3v) is 2.53. The lowest BCUT2D eigenvalue weighted by Crippen LogP contribution is -2.18. The molecule has 3 nitrogen and oxygen atoms in total. The van der Waals surface area contributed by atoms with Crippen molar-refractivity contribution in [1.29, 1.82) is 0 Å². The van der Waals surface area contributed by atoms with Gasteiger partial charge in [-0.1, -0.05) is 30.3 Å². The van der Waals surface area contributed by atoms with Crippen molar-refractivity contribution in [3.05, 3.63) is 48.2 Å². The number of rotatable bonds is 5. The summed E-state index contributed by atoms with van der Waals surface area (Å²) in [6.07, 6.45) is 2.62. The van der Waals surface area contributed by atoms with Gasteiger partial charge < -0.3 is 10.1 Å². The Kier molecular flexibility index (Phi) is 3.94. The molecule has 2 rings (SSSR count). The lowest BCUT2D eigenvalue weighted by atomic mass is 10.1. The van der Waals surface area contributed by atoms with Crippen molar-refractivity contribution in [3.8, 4) is 0 Å². The summed E-state index contributed by atoms with van der Waals surface area (Å²) in [6, 6.07) is 10.0. The van der Waals surface area contributed by atoms with Gasteiger partial charge in [-0.3, -0.25) is 4.79 Å². The number of benzene rings is 1. The van der Waals surface area contributed by atoms with E-state index < -0.39 is 0 Å². The Hall–Kier alpha value is -1.35. The topological polar surface area (TPSA) is 38.3 Å². The zero-order valence-corrected chi connectivity index (χ0v) is 9.11. The molecule has 0 atom stereocenters. The molecule has 0 aliphatic carbocycles. The van der Waals surface area contributed by atoms with E-state index in [9.17, 15) is 4.79 Å². The van der Waals surface area contributed by atoms with Crippen LogP contribution >= 0.6 is 0 Å². The molecule has 0 spiro atoms. The summed E-state index contributed by atoms with van der Waals surface area (Å²) in [6.45, 7) is 1.86. The van der Waals surface area contributed by atoms with Crippen LogP contribution in [0.4, 0.5) is 0 Å². The molecule has 1 saturated heterocycles. The van der Waals surface area contributed by atoms with E-state index >= 15 is 0 Å². The van der Waals surface area contributed by atoms with E-state index in [0.29, 0.717) is 26.2 Å². The normalized spacial score (nSPS) is 16.4. The van der Waals surface area contributed by atoms with E-state index in [4.69, 9.17) is 4.74 Å². The molecule has 84 valence electrons. The second kappa shape index (κ2) is 5.66. The summed E-state index contributed by atoms with van der Waals surface area (Å²) in [7, 11) is 0. The van der Waals surface area contributed by atoms with Gasteiger partial charge in [-0.15, -0.1) is 0 Å². The molecule has 3 heteroatoms. The number of hydrogen-bond acceptors (Lipinski definition) is 2. The smallest absolute Gasteiger partial charge is 0.227 e. The fourth-order valence-corrected chi connectivity index (χ4v) is 1.64. The largest absolute Gasteiger partial charge is 0.377 e. The number of amides is 1. The van der Waals surface area contributed by atoms with Crippen LogP contribution in [0.5, 0.6) is 0 Å². The Morgan fingerprint density at radius 1 is 1.25 bits per heavy atom. The molecule has 1 fully saturated rings. The molecule has 1 N–H and O–H groups in total. The van der Waals surface area contributed by atoms with Crippen LogP contribution < -0.4 is 5.32 Å². The lowest BCUT2D eigenvalue weighted by Gasteiger charge is -2.06. The zero-order chi connectivity index (χ0) is 11.2. The van der Waals surface area contributed by atoms with Crippen LogP contribution in [0.1, 0.15) is 12.0 Å². The third kappa shape index (κ3) is 3.07. The molecule has 1 aromatic carbocycles. The SMILES string of the molecule is O=C1NC[CH][C]1CCOCc1ccccc1. The summed E-state index contributed by atoms with van der Waals surface area (Å²) >= 11 is 0. The van der Waals surface area contributed by atoms with Gasteiger partial charge in [-0.2, -0.15) is 0 Å². The molecule has 1 aliphatic rings. The number of hydrogen-bond donors (Lipinski definition) is 1. The van der Waals surface area contributed by atoms with E-state index in [1.165, 1.54) is 0 Å². The van der Waals surface area contributed by atoms with Crippen molar-refractivity contribution in [2.75, 3.05) is 13.2 Å². The van der Waals surface area contributed by atoms with Crippen LogP contribution in [0.3, 0.4) is 0 Å². The fraction of sp³-hybridized carbons (Fsp3) is 0.308. The highest BCUT2D eigenvalue weighted by molar-refractivity contribution is 5.94. The highest BCUT2D eigenvalue weighted by atomic mass is 16.5. The van der Waals surface area contributed by atoms with Crippen molar-refractivity contribution in [2.24, 2.45) is 0 Å². The third-order valence-electron chi connectivity index (χ3n) is 2.53. The molecule has 1 heterocycles. The van der Waals surface area contributed by atoms with Crippen molar-refractivity contribution < 1.29 is 9.53 Å². The maximum absolute atomic E-state index is 11.2. The zero-order valence-electron chi connectivity index (χ0n) is 9.11. The predicted octanol–water partition coefficient (Wildman–Crippen LogP) is 1.50. The van der Waals surface area contributed by atoms with Crippen molar-refractivity contribution in [3.63, 3.8) is 0 Å². The first-order chi connectivity index (χ1) is 7.86. The van der Waals surface area contributed by atoms with Crippen LogP contribution in [0.15, 0.2) is 30.3 Å². The van der Waals surface area contributed by atoms with Gasteiger partial charge in [0, 0.05) is 13.2 Å². The molecule has 2 radical (unpaired) electrons. The summed E-state index contributed by atoms with van der Waals surface area (Å²) in [5.41, 5.74) is 1.16. The average molecular weight is 217 g/mol. The van der Waals surface area contributed by atoms with Crippen LogP contribution in [-0.4, -0.2) is 19.1 Å². The van der Waals surface area contributed by atoms with E-state index in [1.54, 1.807) is 0 Å². The van der Waals surface area contributed by atoms with E-state index in [-0.39, 0.29) is 5.91 Å². The second-order valence-electron chi connectivity index (χ2n) is 3.73. The summed E-state index contributed by atoms with van der Waals surface area (Å²) in [5.74, 6) is 0.886. The fourth-order valence-electron chi connectivity index (χ4n) is 1.64. The Morgan fingerprint density at radius 2 is 2.06 bits per heavy atom. The van der Waals surface area contributed by atoms with Gasteiger partial charge in [0.25, 0.3) is 0 Å². The Morgan fingerprint density at radius 3 is 2.75 bits per heavy atom. The Labute approximate surface area is 95.8 Å². The summed E-state index contributed by atoms with van der Waals surface area (Å²) in [4.78, 5) is 11.2. The Balaban J connectivity index is 1.64. The highest BCUT2D eigenvalue weighted by Gasteiger charge is 2.24. The maximum Gasteiger partial charge on any atom is 0.227 e. The van der Waals surface area contributed by atoms with Gasteiger partial charge in [0.1, 0.15) is 0 Å². The van der Waals surface area contributed by atoms with E-state index in [1.807, 2.05) is 36.8 Å². The maximum atomic E-state index is 11.2. The number of nitrogens with one attached hydrogen (secondary N) is 1. The van der Waals surface area contributed by atoms with Gasteiger partial charge in [0.2, 0.25) is 5.91 Å². The molecule has 16 heavy (non-hydrogen) atoms. The molecular formula is C13H15NO2. The number of carbonyl (C=O) groups is 1. The van der Waals surface area contributed by atoms with E-state index in [2.05, 4.69) is 5.32 Å². The van der Waals surface area contributed by atoms with Crippen molar-refractivity contribution >= 4 is 5.91 Å². The van der Waals surface area contributed by atoms with Gasteiger partial charge in [-0.25, -0.2) is 0 Å². The van der Waals surface area contributed by atoms with Crippen LogP contribution in [0.2, 0.25) is 0 Å². The molecule has 1 aromatic rings. The van der Waals surface area contributed by atoms with Crippen molar-refractivity contribution in [2.45, 2.75) is 13.0 Å². The van der Waals surface area contributed by atoms with Crippen molar-refractivity contribution in [1.82, 2.24) is 5.32 Å². The van der Waals surface area contributed by atoms with Crippen LogP contribution in [0.25, 0.3) is 0 Å². The molecule has 0 bridgehead atoms. The molecule has 0 unspecified atom stereocenters. The number of ether oxygens (including phenoxy) is 1. The minimum absolute atomic E-state index is 0.0447. The van der Waals surface area contributed by atoms with E-state index in [0.717, 1.165) is 11.5 Å². The molecule has 0 aromatic heterocycles. The number of carbonyl (C=O) groups excluding carboxylic acids is 1. The summed E-state index contributed by atoms with van der Waals surface area (Å²) < 4.78 is 5.51. The van der Waals surface area contributed by atoms with Gasteiger partial charge in [0.05, 0.1) is 12.5 Å². The first-order valence-corrected chi connectivity index (χ1v) is 5.45. The van der Waals surface area contributed by atoms with Crippen LogP contribution in [0, 0.1) is 12.3 Å². The Bertz CT molecular complexity index is 337. The van der Waals surface area contributed by atoms with Gasteiger partial charge in [0.15, 0.2) is 0 Å². The quantitative estimate of drug-likeness (QED) is 0.759. The lowest BCUT2D eigenvalue weighted by molar-refractivity contribution is -0.118. The van der Waals surface area contributed by atoms with Gasteiger partial charge in [-0.05, 0) is 18.4 Å². The molecule has 1 aliphatic heterocycles. The first-order valence-electron chi connectivity index (χ1n) is 5.45. The highest BCUT2D eigenvalue weighted by Crippen LogP contribution is 2.15. The molecule has 0 saturated carbocycles. The standard InChI is InChI=1S/C13H15NO2/c15-13-12(6-8-14-13)7-9-16-10-11-4-2-1-3-5-11/h1-6H,7-10H2,(H,14,15). The minimum Gasteiger partial charge on any atom is -0.377 e. The van der Waals surface area contributed by atoms with Crippen LogP contribution in [-0.2, 0) is 16.1 Å². The molecular weight excluding hydrogens is 202 g/mol. The summed E-state index contributed by atoms with van der Waals surface area (Å²) in [5, 5.41) is 2.74. The minimum atomic E-state index is 0.0447. The predicted molar refractivity (Wildman–Crippen MR) is 61.3 cm³/mol.